The Bertz CT molecular complexity index is 648. The summed E-state index contributed by atoms with van der Waals surface area (Å²) < 4.78 is 18.9. The van der Waals surface area contributed by atoms with Crippen LogP contribution < -0.4 is 4.90 Å². The van der Waals surface area contributed by atoms with Crippen molar-refractivity contribution in [3.8, 4) is 11.3 Å². The molecule has 5 nitrogen and oxygen atoms in total. The maximum absolute atomic E-state index is 13.2. The third-order valence-corrected chi connectivity index (χ3v) is 3.60. The average molecular weight is 289 g/mol. The molecule has 1 aliphatic rings. The quantitative estimate of drug-likeness (QED) is 0.850. The van der Waals surface area contributed by atoms with Crippen molar-refractivity contribution in [1.29, 1.82) is 0 Å². The highest BCUT2D eigenvalue weighted by atomic mass is 19.1. The second kappa shape index (κ2) is 5.55. The van der Waals surface area contributed by atoms with Gasteiger partial charge in [-0.15, -0.1) is 0 Å². The number of aromatic nitrogens is 1. The number of hydrogen-bond donors (Lipinski definition) is 0. The lowest BCUT2D eigenvalue weighted by atomic mass is 10.2. The Morgan fingerprint density at radius 3 is 2.71 bits per heavy atom. The van der Waals surface area contributed by atoms with Crippen LogP contribution >= 0.6 is 0 Å². The van der Waals surface area contributed by atoms with Crippen molar-refractivity contribution < 1.29 is 13.6 Å². The van der Waals surface area contributed by atoms with Crippen molar-refractivity contribution in [2.45, 2.75) is 6.92 Å². The van der Waals surface area contributed by atoms with E-state index < -0.39 is 0 Å². The third kappa shape index (κ3) is 2.89. The number of nitrogens with zero attached hydrogens (tertiary/aromatic N) is 3. The number of rotatable bonds is 2. The van der Waals surface area contributed by atoms with Crippen molar-refractivity contribution in [2.24, 2.45) is 0 Å². The van der Waals surface area contributed by atoms with Crippen LogP contribution in [0.15, 0.2) is 34.9 Å². The molecule has 6 heteroatoms. The molecule has 1 amide bonds. The molecule has 1 fully saturated rings. The second-order valence-corrected chi connectivity index (χ2v) is 5.01. The number of piperazine rings is 1. The molecule has 0 bridgehead atoms. The number of benzene rings is 1. The first-order valence-corrected chi connectivity index (χ1v) is 6.86. The summed E-state index contributed by atoms with van der Waals surface area (Å²) in [6.07, 6.45) is 1.60. The molecular formula is C15H16FN3O2. The molecule has 0 atom stereocenters. The molecular weight excluding hydrogens is 273 g/mol. The fourth-order valence-electron chi connectivity index (χ4n) is 2.40. The lowest BCUT2D eigenvalue weighted by Gasteiger charge is -2.33. The summed E-state index contributed by atoms with van der Waals surface area (Å²) in [6.45, 7) is 4.26. The molecule has 0 aliphatic carbocycles. The minimum absolute atomic E-state index is 0.0857. The van der Waals surface area contributed by atoms with Gasteiger partial charge in [0.15, 0.2) is 5.76 Å². The summed E-state index contributed by atoms with van der Waals surface area (Å²) in [5.74, 6) is 0.321. The van der Waals surface area contributed by atoms with E-state index in [0.717, 1.165) is 0 Å². The van der Waals surface area contributed by atoms with Gasteiger partial charge in [-0.25, -0.2) is 9.37 Å². The smallest absolute Gasteiger partial charge is 0.297 e. The van der Waals surface area contributed by atoms with E-state index in [1.165, 1.54) is 12.1 Å². The van der Waals surface area contributed by atoms with E-state index in [1.54, 1.807) is 30.2 Å². The zero-order chi connectivity index (χ0) is 14.8. The van der Waals surface area contributed by atoms with Crippen LogP contribution in [0.25, 0.3) is 11.3 Å². The highest BCUT2D eigenvalue weighted by molar-refractivity contribution is 5.73. The highest BCUT2D eigenvalue weighted by Gasteiger charge is 2.22. The summed E-state index contributed by atoms with van der Waals surface area (Å²) in [7, 11) is 0. The van der Waals surface area contributed by atoms with Crippen LogP contribution in [0, 0.1) is 5.82 Å². The second-order valence-electron chi connectivity index (χ2n) is 5.01. The SMILES string of the molecule is CC(=O)N1CCN(c2ncc(-c3cccc(F)c3)o2)CC1. The van der Waals surface area contributed by atoms with Gasteiger partial charge in [-0.1, -0.05) is 12.1 Å². The van der Waals surface area contributed by atoms with Crippen LogP contribution in [0.5, 0.6) is 0 Å². The molecule has 0 unspecified atom stereocenters. The Morgan fingerprint density at radius 2 is 2.05 bits per heavy atom. The number of amides is 1. The van der Waals surface area contributed by atoms with Crippen LogP contribution in [0.4, 0.5) is 10.4 Å². The van der Waals surface area contributed by atoms with Crippen molar-refractivity contribution in [1.82, 2.24) is 9.88 Å². The predicted molar refractivity (Wildman–Crippen MR) is 76.4 cm³/mol. The third-order valence-electron chi connectivity index (χ3n) is 3.60. The monoisotopic (exact) mass is 289 g/mol. The molecule has 110 valence electrons. The Hall–Kier alpha value is -2.37. The lowest BCUT2D eigenvalue weighted by Crippen LogP contribution is -2.48. The first-order valence-electron chi connectivity index (χ1n) is 6.86. The first-order chi connectivity index (χ1) is 10.1. The fourth-order valence-corrected chi connectivity index (χ4v) is 2.40. The molecule has 1 aromatic heterocycles. The van der Waals surface area contributed by atoms with Crippen LogP contribution in [-0.4, -0.2) is 42.0 Å². The molecule has 1 aliphatic heterocycles. The summed E-state index contributed by atoms with van der Waals surface area (Å²) in [4.78, 5) is 19.3. The Kier molecular flexibility index (Phi) is 3.60. The summed E-state index contributed by atoms with van der Waals surface area (Å²) in [5, 5.41) is 0. The normalized spacial score (nSPS) is 15.3. The Balaban J connectivity index is 1.73. The van der Waals surface area contributed by atoms with Crippen LogP contribution in [0.2, 0.25) is 0 Å². The predicted octanol–water partition coefficient (Wildman–Crippen LogP) is 2.15. The number of hydrogen-bond acceptors (Lipinski definition) is 4. The van der Waals surface area contributed by atoms with E-state index >= 15 is 0 Å². The minimum atomic E-state index is -0.305. The summed E-state index contributed by atoms with van der Waals surface area (Å²) in [6, 6.07) is 6.73. The highest BCUT2D eigenvalue weighted by Crippen LogP contribution is 2.25. The van der Waals surface area contributed by atoms with E-state index in [1.807, 2.05) is 4.90 Å². The maximum Gasteiger partial charge on any atom is 0.297 e. The number of halogens is 1. The molecule has 2 heterocycles. The van der Waals surface area contributed by atoms with E-state index in [0.29, 0.717) is 43.5 Å². The number of carbonyl (C=O) groups excluding carboxylic acids is 1. The lowest BCUT2D eigenvalue weighted by molar-refractivity contribution is -0.129. The molecule has 2 aromatic rings. The van der Waals surface area contributed by atoms with Gasteiger partial charge in [0.1, 0.15) is 5.82 Å². The van der Waals surface area contributed by atoms with Crippen LogP contribution in [0.3, 0.4) is 0 Å². The zero-order valence-corrected chi connectivity index (χ0v) is 11.8. The van der Waals surface area contributed by atoms with E-state index in [9.17, 15) is 9.18 Å². The van der Waals surface area contributed by atoms with Crippen molar-refractivity contribution in [3.63, 3.8) is 0 Å². The maximum atomic E-state index is 13.2. The van der Waals surface area contributed by atoms with E-state index in [-0.39, 0.29) is 11.7 Å². The molecule has 0 saturated carbocycles. The molecule has 0 radical (unpaired) electrons. The van der Waals surface area contributed by atoms with Gasteiger partial charge in [-0.2, -0.15) is 0 Å². The van der Waals surface area contributed by atoms with Crippen LogP contribution in [-0.2, 0) is 4.79 Å². The van der Waals surface area contributed by atoms with Gasteiger partial charge in [-0.3, -0.25) is 4.79 Å². The van der Waals surface area contributed by atoms with Gasteiger partial charge in [0.2, 0.25) is 5.91 Å². The Morgan fingerprint density at radius 1 is 1.29 bits per heavy atom. The molecule has 0 spiro atoms. The van der Waals surface area contributed by atoms with Crippen molar-refractivity contribution in [2.75, 3.05) is 31.1 Å². The van der Waals surface area contributed by atoms with Gasteiger partial charge < -0.3 is 14.2 Å². The standard InChI is InChI=1S/C15H16FN3O2/c1-11(20)18-5-7-19(8-6-18)15-17-10-14(21-15)12-3-2-4-13(16)9-12/h2-4,9-10H,5-8H2,1H3. The molecule has 21 heavy (non-hydrogen) atoms. The topological polar surface area (TPSA) is 49.6 Å². The van der Waals surface area contributed by atoms with Gasteiger partial charge in [0.25, 0.3) is 6.01 Å². The van der Waals surface area contributed by atoms with Crippen molar-refractivity contribution in [3.05, 3.63) is 36.3 Å². The number of anilines is 1. The van der Waals surface area contributed by atoms with Crippen LogP contribution in [0.1, 0.15) is 6.92 Å². The fraction of sp³-hybridized carbons (Fsp3) is 0.333. The molecule has 0 N–H and O–H groups in total. The van der Waals surface area contributed by atoms with Gasteiger partial charge in [0.05, 0.1) is 6.20 Å². The summed E-state index contributed by atoms with van der Waals surface area (Å²) in [5.41, 5.74) is 0.663. The van der Waals surface area contributed by atoms with Gasteiger partial charge in [-0.05, 0) is 12.1 Å². The number of oxazole rings is 1. The molecule has 1 saturated heterocycles. The summed E-state index contributed by atoms with van der Waals surface area (Å²) >= 11 is 0. The van der Waals surface area contributed by atoms with Gasteiger partial charge >= 0.3 is 0 Å². The minimum Gasteiger partial charge on any atom is -0.423 e. The molecule has 3 rings (SSSR count). The molecule has 1 aromatic carbocycles. The average Bonchev–Trinajstić information content (AvgIpc) is 2.97. The number of carbonyl (C=O) groups is 1. The van der Waals surface area contributed by atoms with Gasteiger partial charge in [0, 0.05) is 38.7 Å². The zero-order valence-electron chi connectivity index (χ0n) is 11.8. The van der Waals surface area contributed by atoms with E-state index in [4.69, 9.17) is 4.42 Å². The van der Waals surface area contributed by atoms with Crippen molar-refractivity contribution >= 4 is 11.9 Å². The first kappa shape index (κ1) is 13.6. The largest absolute Gasteiger partial charge is 0.423 e. The van der Waals surface area contributed by atoms with E-state index in [2.05, 4.69) is 4.98 Å². The Labute approximate surface area is 122 Å².